The maximum absolute atomic E-state index is 10.3. The Morgan fingerprint density at radius 1 is 1.29 bits per heavy atom. The topological polar surface area (TPSA) is 41.5 Å². The van der Waals surface area contributed by atoms with Crippen molar-refractivity contribution < 1.29 is 9.84 Å². The number of rotatable bonds is 3. The van der Waals surface area contributed by atoms with Gasteiger partial charge in [-0.15, -0.1) is 12.4 Å². The molecule has 1 aromatic carbocycles. The Bertz CT molecular complexity index is 483. The molecule has 0 aromatic heterocycles. The number of aliphatic hydroxyl groups excluding tert-OH is 1. The van der Waals surface area contributed by atoms with Crippen LogP contribution in [0.5, 0.6) is 5.75 Å². The summed E-state index contributed by atoms with van der Waals surface area (Å²) in [7, 11) is 0. The van der Waals surface area contributed by atoms with E-state index < -0.39 is 0 Å². The van der Waals surface area contributed by atoms with Crippen LogP contribution in [0.25, 0.3) is 0 Å². The molecule has 21 heavy (non-hydrogen) atoms. The molecule has 0 spiro atoms. The van der Waals surface area contributed by atoms with Crippen molar-refractivity contribution in [3.05, 3.63) is 28.8 Å². The second kappa shape index (κ2) is 7.19. The van der Waals surface area contributed by atoms with Gasteiger partial charge in [-0.3, -0.25) is 0 Å². The van der Waals surface area contributed by atoms with Crippen LogP contribution in [0.4, 0.5) is 0 Å². The van der Waals surface area contributed by atoms with E-state index in [1.54, 1.807) is 0 Å². The SMILES string of the molecule is CCc1cc(O[C@@H]2C[C@@H]3CNC[C@@H]3C[C@H]2O)ccc1Cl.Cl. The van der Waals surface area contributed by atoms with E-state index in [0.29, 0.717) is 11.8 Å². The summed E-state index contributed by atoms with van der Waals surface area (Å²) in [5.74, 6) is 2.07. The molecule has 3 rings (SSSR count). The number of ether oxygens (including phenoxy) is 1. The third kappa shape index (κ3) is 3.65. The highest BCUT2D eigenvalue weighted by atomic mass is 35.5. The molecule has 0 radical (unpaired) electrons. The second-order valence-corrected chi connectivity index (χ2v) is 6.39. The van der Waals surface area contributed by atoms with Gasteiger partial charge in [0.15, 0.2) is 0 Å². The zero-order valence-electron chi connectivity index (χ0n) is 12.2. The van der Waals surface area contributed by atoms with E-state index in [0.717, 1.165) is 48.7 Å². The first kappa shape index (κ1) is 16.9. The van der Waals surface area contributed by atoms with Gasteiger partial charge in [0, 0.05) is 5.02 Å². The maximum atomic E-state index is 10.3. The van der Waals surface area contributed by atoms with Gasteiger partial charge >= 0.3 is 0 Å². The molecule has 1 saturated carbocycles. The van der Waals surface area contributed by atoms with E-state index in [-0.39, 0.29) is 24.6 Å². The third-order valence-electron chi connectivity index (χ3n) is 4.67. The van der Waals surface area contributed by atoms with Gasteiger partial charge in [-0.1, -0.05) is 18.5 Å². The largest absolute Gasteiger partial charge is 0.488 e. The van der Waals surface area contributed by atoms with Crippen molar-refractivity contribution in [1.29, 1.82) is 0 Å². The highest BCUT2D eigenvalue weighted by molar-refractivity contribution is 6.31. The van der Waals surface area contributed by atoms with Crippen molar-refractivity contribution in [2.75, 3.05) is 13.1 Å². The minimum absolute atomic E-state index is 0. The molecule has 1 aromatic rings. The van der Waals surface area contributed by atoms with Crippen LogP contribution >= 0.6 is 24.0 Å². The number of aliphatic hydroxyl groups is 1. The molecule has 4 atom stereocenters. The number of benzene rings is 1. The van der Waals surface area contributed by atoms with Gasteiger partial charge in [0.25, 0.3) is 0 Å². The summed E-state index contributed by atoms with van der Waals surface area (Å²) in [5, 5.41) is 14.5. The normalized spacial score (nSPS) is 31.4. The van der Waals surface area contributed by atoms with Gasteiger partial charge in [0.05, 0.1) is 6.10 Å². The van der Waals surface area contributed by atoms with Gasteiger partial charge in [0.1, 0.15) is 11.9 Å². The predicted molar refractivity (Wildman–Crippen MR) is 87.6 cm³/mol. The van der Waals surface area contributed by atoms with E-state index in [1.165, 1.54) is 0 Å². The first-order valence-electron chi connectivity index (χ1n) is 7.51. The van der Waals surface area contributed by atoms with E-state index in [4.69, 9.17) is 16.3 Å². The van der Waals surface area contributed by atoms with Gasteiger partial charge < -0.3 is 15.2 Å². The fraction of sp³-hybridized carbons (Fsp3) is 0.625. The first-order chi connectivity index (χ1) is 9.67. The summed E-state index contributed by atoms with van der Waals surface area (Å²) < 4.78 is 6.04. The molecular formula is C16H23Cl2NO2. The van der Waals surface area contributed by atoms with Crippen LogP contribution in [0.3, 0.4) is 0 Å². The van der Waals surface area contributed by atoms with Crippen molar-refractivity contribution >= 4 is 24.0 Å². The maximum Gasteiger partial charge on any atom is 0.125 e. The second-order valence-electron chi connectivity index (χ2n) is 5.98. The van der Waals surface area contributed by atoms with Crippen molar-refractivity contribution in [3.63, 3.8) is 0 Å². The minimum atomic E-state index is -0.364. The number of hydrogen-bond acceptors (Lipinski definition) is 3. The molecule has 2 N–H and O–H groups in total. The molecule has 0 amide bonds. The van der Waals surface area contributed by atoms with Crippen molar-refractivity contribution in [2.45, 2.75) is 38.4 Å². The Hall–Kier alpha value is -0.480. The fourth-order valence-electron chi connectivity index (χ4n) is 3.45. The summed E-state index contributed by atoms with van der Waals surface area (Å²) >= 11 is 6.13. The number of halogens is 2. The smallest absolute Gasteiger partial charge is 0.125 e. The molecule has 0 bridgehead atoms. The van der Waals surface area contributed by atoms with E-state index in [1.807, 2.05) is 18.2 Å². The van der Waals surface area contributed by atoms with Gasteiger partial charge in [-0.25, -0.2) is 0 Å². The van der Waals surface area contributed by atoms with Crippen LogP contribution in [-0.4, -0.2) is 30.4 Å². The Morgan fingerprint density at radius 3 is 2.71 bits per heavy atom. The lowest BCUT2D eigenvalue weighted by molar-refractivity contribution is -0.0231. The Kier molecular flexibility index (Phi) is 5.78. The first-order valence-corrected chi connectivity index (χ1v) is 7.89. The highest BCUT2D eigenvalue weighted by Gasteiger charge is 2.39. The molecule has 0 unspecified atom stereocenters. The van der Waals surface area contributed by atoms with E-state index in [9.17, 15) is 5.11 Å². The van der Waals surface area contributed by atoms with Crippen molar-refractivity contribution in [2.24, 2.45) is 11.8 Å². The standard InChI is InChI=1S/C16H22ClNO2.ClH/c1-2-10-5-13(3-4-14(10)17)20-16-7-12-9-18-8-11(12)6-15(16)19;/h3-5,11-12,15-16,18-19H,2,6-9H2,1H3;1H/t11-,12+,15+,16+;/m0./s1. The number of nitrogens with one attached hydrogen (secondary N) is 1. The van der Waals surface area contributed by atoms with Gasteiger partial charge in [-0.2, -0.15) is 0 Å². The van der Waals surface area contributed by atoms with Crippen LogP contribution in [0.15, 0.2) is 18.2 Å². The lowest BCUT2D eigenvalue weighted by Crippen LogP contribution is -2.42. The molecule has 1 saturated heterocycles. The number of aryl methyl sites for hydroxylation is 1. The molecule has 1 aliphatic carbocycles. The molecule has 2 fully saturated rings. The van der Waals surface area contributed by atoms with E-state index in [2.05, 4.69) is 12.2 Å². The van der Waals surface area contributed by atoms with Gasteiger partial charge in [0.2, 0.25) is 0 Å². The third-order valence-corrected chi connectivity index (χ3v) is 5.04. The Labute approximate surface area is 137 Å². The Morgan fingerprint density at radius 2 is 2.00 bits per heavy atom. The van der Waals surface area contributed by atoms with Gasteiger partial charge in [-0.05, 0) is 68.0 Å². The molecule has 118 valence electrons. The van der Waals surface area contributed by atoms with E-state index >= 15 is 0 Å². The highest BCUT2D eigenvalue weighted by Crippen LogP contribution is 2.35. The van der Waals surface area contributed by atoms with Crippen LogP contribution in [0, 0.1) is 11.8 Å². The number of fused-ring (bicyclic) bond motifs is 1. The Balaban J connectivity index is 0.00000161. The minimum Gasteiger partial charge on any atom is -0.488 e. The fourth-order valence-corrected chi connectivity index (χ4v) is 3.70. The van der Waals surface area contributed by atoms with Crippen molar-refractivity contribution in [1.82, 2.24) is 5.32 Å². The average molecular weight is 332 g/mol. The summed E-state index contributed by atoms with van der Waals surface area (Å²) in [4.78, 5) is 0. The summed E-state index contributed by atoms with van der Waals surface area (Å²) in [5.41, 5.74) is 1.09. The number of hydrogen-bond donors (Lipinski definition) is 2. The molecule has 1 heterocycles. The zero-order chi connectivity index (χ0) is 14.1. The summed E-state index contributed by atoms with van der Waals surface area (Å²) in [6.07, 6.45) is 2.20. The predicted octanol–water partition coefficient (Wildman–Crippen LogP) is 3.06. The average Bonchev–Trinajstić information content (AvgIpc) is 2.88. The summed E-state index contributed by atoms with van der Waals surface area (Å²) in [6.45, 7) is 4.17. The lowest BCUT2D eigenvalue weighted by atomic mass is 9.78. The molecule has 1 aliphatic heterocycles. The van der Waals surface area contributed by atoms with Crippen LogP contribution in [0.2, 0.25) is 5.02 Å². The zero-order valence-corrected chi connectivity index (χ0v) is 13.8. The lowest BCUT2D eigenvalue weighted by Gasteiger charge is -2.35. The van der Waals surface area contributed by atoms with Crippen LogP contribution in [-0.2, 0) is 6.42 Å². The quantitative estimate of drug-likeness (QED) is 0.894. The monoisotopic (exact) mass is 331 g/mol. The van der Waals surface area contributed by atoms with Crippen LogP contribution < -0.4 is 10.1 Å². The van der Waals surface area contributed by atoms with Crippen molar-refractivity contribution in [3.8, 4) is 5.75 Å². The molecule has 5 heteroatoms. The molecule has 2 aliphatic rings. The molecule has 3 nitrogen and oxygen atoms in total. The van der Waals surface area contributed by atoms with Crippen LogP contribution in [0.1, 0.15) is 25.3 Å². The molecular weight excluding hydrogens is 309 g/mol. The summed E-state index contributed by atoms with van der Waals surface area (Å²) in [6, 6.07) is 5.77.